The molecule has 0 aromatic rings. The molecule has 0 aliphatic heterocycles. The summed E-state index contributed by atoms with van der Waals surface area (Å²) in [5.41, 5.74) is 0. The van der Waals surface area contributed by atoms with Crippen molar-refractivity contribution in [2.75, 3.05) is 6.61 Å². The Morgan fingerprint density at radius 3 is 3.00 bits per heavy atom. The summed E-state index contributed by atoms with van der Waals surface area (Å²) in [5, 5.41) is 9.35. The number of carbonyl (C=O) groups is 1. The van der Waals surface area contributed by atoms with E-state index < -0.39 is 0 Å². The largest absolute Gasteiger partial charge is 0.466 e. The van der Waals surface area contributed by atoms with Gasteiger partial charge in [-0.05, 0) is 12.8 Å². The highest BCUT2D eigenvalue weighted by molar-refractivity contribution is 5.65. The summed E-state index contributed by atoms with van der Waals surface area (Å²) >= 11 is 0. The van der Waals surface area contributed by atoms with E-state index in [9.17, 15) is 9.90 Å². The molecule has 0 radical (unpaired) electrons. The van der Waals surface area contributed by atoms with Gasteiger partial charge in [0.15, 0.2) is 0 Å². The smallest absolute Gasteiger partial charge is 0.302 e. The van der Waals surface area contributed by atoms with E-state index in [1.54, 1.807) is 0 Å². The Hall–Kier alpha value is -0.830. The van der Waals surface area contributed by atoms with Gasteiger partial charge >= 0.3 is 5.97 Å². The third kappa shape index (κ3) is 2.66. The number of aliphatic hydroxyl groups is 1. The highest BCUT2D eigenvalue weighted by atomic mass is 16.5. The summed E-state index contributed by atoms with van der Waals surface area (Å²) in [5.74, 6) is -0.0872. The van der Waals surface area contributed by atoms with Gasteiger partial charge in [-0.25, -0.2) is 0 Å². The summed E-state index contributed by atoms with van der Waals surface area (Å²) in [4.78, 5) is 10.4. The van der Waals surface area contributed by atoms with Gasteiger partial charge in [0.1, 0.15) is 0 Å². The zero-order valence-electron chi connectivity index (χ0n) is 7.19. The molecule has 0 aromatic heterocycles. The Labute approximate surface area is 72.0 Å². The van der Waals surface area contributed by atoms with Crippen LogP contribution < -0.4 is 0 Å². The van der Waals surface area contributed by atoms with Crippen LogP contribution in [0.4, 0.5) is 0 Å². The second-order valence-corrected chi connectivity index (χ2v) is 3.02. The summed E-state index contributed by atoms with van der Waals surface area (Å²) in [6.07, 6.45) is 5.11. The highest BCUT2D eigenvalue weighted by Crippen LogP contribution is 2.20. The lowest BCUT2D eigenvalue weighted by Crippen LogP contribution is -2.16. The van der Waals surface area contributed by atoms with E-state index in [4.69, 9.17) is 4.74 Å². The van der Waals surface area contributed by atoms with Crippen molar-refractivity contribution in [2.45, 2.75) is 25.9 Å². The maximum Gasteiger partial charge on any atom is 0.302 e. The van der Waals surface area contributed by atoms with Gasteiger partial charge in [0.05, 0.1) is 12.7 Å². The van der Waals surface area contributed by atoms with E-state index in [-0.39, 0.29) is 18.0 Å². The lowest BCUT2D eigenvalue weighted by molar-refractivity contribution is -0.141. The second kappa shape index (κ2) is 4.26. The third-order valence-electron chi connectivity index (χ3n) is 2.01. The molecular formula is C9H14O3. The Morgan fingerprint density at radius 1 is 1.75 bits per heavy atom. The summed E-state index contributed by atoms with van der Waals surface area (Å²) in [6, 6.07) is 0. The number of hydrogen-bond donors (Lipinski definition) is 1. The van der Waals surface area contributed by atoms with E-state index in [2.05, 4.69) is 0 Å². The molecule has 1 aliphatic carbocycles. The monoisotopic (exact) mass is 170 g/mol. The van der Waals surface area contributed by atoms with Gasteiger partial charge in [-0.15, -0.1) is 0 Å². The van der Waals surface area contributed by atoms with Gasteiger partial charge in [0.25, 0.3) is 0 Å². The SMILES string of the molecule is CC(=O)OCC[C@@H]1C=CC[C@@H]1O. The first-order valence-corrected chi connectivity index (χ1v) is 4.18. The van der Waals surface area contributed by atoms with Crippen molar-refractivity contribution in [1.29, 1.82) is 0 Å². The minimum absolute atomic E-state index is 0.171. The van der Waals surface area contributed by atoms with Crippen LogP contribution in [0, 0.1) is 5.92 Å². The van der Waals surface area contributed by atoms with Gasteiger partial charge in [-0.1, -0.05) is 12.2 Å². The number of aliphatic hydroxyl groups excluding tert-OH is 1. The molecule has 3 heteroatoms. The van der Waals surface area contributed by atoms with E-state index in [0.29, 0.717) is 6.61 Å². The molecule has 0 saturated heterocycles. The first kappa shape index (κ1) is 9.26. The minimum Gasteiger partial charge on any atom is -0.466 e. The molecule has 0 aromatic carbocycles. The molecule has 0 saturated carbocycles. The van der Waals surface area contributed by atoms with E-state index in [1.165, 1.54) is 6.92 Å². The molecule has 0 fully saturated rings. The zero-order valence-corrected chi connectivity index (χ0v) is 7.19. The first-order chi connectivity index (χ1) is 5.70. The Kier molecular flexibility index (Phi) is 3.29. The van der Waals surface area contributed by atoms with Crippen LogP contribution in [-0.2, 0) is 9.53 Å². The van der Waals surface area contributed by atoms with Crippen molar-refractivity contribution in [3.63, 3.8) is 0 Å². The molecule has 12 heavy (non-hydrogen) atoms. The minimum atomic E-state index is -0.277. The van der Waals surface area contributed by atoms with Crippen LogP contribution in [0.1, 0.15) is 19.8 Å². The Balaban J connectivity index is 2.14. The predicted octanol–water partition coefficient (Wildman–Crippen LogP) is 0.877. The fourth-order valence-corrected chi connectivity index (χ4v) is 1.32. The number of esters is 1. The van der Waals surface area contributed by atoms with Crippen molar-refractivity contribution in [2.24, 2.45) is 5.92 Å². The fourth-order valence-electron chi connectivity index (χ4n) is 1.32. The van der Waals surface area contributed by atoms with Crippen LogP contribution in [0.25, 0.3) is 0 Å². The highest BCUT2D eigenvalue weighted by Gasteiger charge is 2.19. The van der Waals surface area contributed by atoms with Crippen molar-refractivity contribution in [1.82, 2.24) is 0 Å². The van der Waals surface area contributed by atoms with Crippen LogP contribution in [-0.4, -0.2) is 23.8 Å². The molecule has 0 heterocycles. The molecule has 2 atom stereocenters. The average molecular weight is 170 g/mol. The lowest BCUT2D eigenvalue weighted by atomic mass is 10.0. The lowest BCUT2D eigenvalue weighted by Gasteiger charge is -2.12. The molecule has 1 N–H and O–H groups in total. The van der Waals surface area contributed by atoms with Crippen molar-refractivity contribution >= 4 is 5.97 Å². The quantitative estimate of drug-likeness (QED) is 0.505. The topological polar surface area (TPSA) is 46.5 Å². The number of hydrogen-bond acceptors (Lipinski definition) is 3. The second-order valence-electron chi connectivity index (χ2n) is 3.02. The molecule has 0 bridgehead atoms. The zero-order chi connectivity index (χ0) is 8.97. The first-order valence-electron chi connectivity index (χ1n) is 4.18. The van der Waals surface area contributed by atoms with Gasteiger partial charge in [-0.2, -0.15) is 0 Å². The Bertz CT molecular complexity index is 186. The van der Waals surface area contributed by atoms with Crippen LogP contribution in [0.15, 0.2) is 12.2 Å². The number of ether oxygens (including phenoxy) is 1. The van der Waals surface area contributed by atoms with Crippen LogP contribution in [0.5, 0.6) is 0 Å². The molecule has 1 rings (SSSR count). The molecule has 1 aliphatic rings. The molecule has 0 spiro atoms. The molecule has 3 nitrogen and oxygen atoms in total. The van der Waals surface area contributed by atoms with Crippen LogP contribution in [0.3, 0.4) is 0 Å². The Morgan fingerprint density at radius 2 is 2.50 bits per heavy atom. The van der Waals surface area contributed by atoms with E-state index in [0.717, 1.165) is 12.8 Å². The third-order valence-corrected chi connectivity index (χ3v) is 2.01. The maximum absolute atomic E-state index is 10.4. The standard InChI is InChI=1S/C9H14O3/c1-7(10)12-6-5-8-3-2-4-9(8)11/h2-3,8-9,11H,4-6H2,1H3/t8-,9-/m0/s1. The van der Waals surface area contributed by atoms with Gasteiger partial charge in [0, 0.05) is 12.8 Å². The maximum atomic E-state index is 10.4. The molecule has 0 unspecified atom stereocenters. The normalized spacial score (nSPS) is 27.5. The fraction of sp³-hybridized carbons (Fsp3) is 0.667. The van der Waals surface area contributed by atoms with Crippen molar-refractivity contribution in [3.8, 4) is 0 Å². The van der Waals surface area contributed by atoms with E-state index in [1.807, 2.05) is 12.2 Å². The number of rotatable bonds is 3. The molecule has 68 valence electrons. The molecular weight excluding hydrogens is 156 g/mol. The summed E-state index contributed by atoms with van der Waals surface area (Å²) in [6.45, 7) is 1.79. The van der Waals surface area contributed by atoms with Crippen LogP contribution in [0.2, 0.25) is 0 Å². The predicted molar refractivity (Wildman–Crippen MR) is 44.5 cm³/mol. The van der Waals surface area contributed by atoms with E-state index >= 15 is 0 Å². The van der Waals surface area contributed by atoms with Crippen LogP contribution >= 0.6 is 0 Å². The summed E-state index contributed by atoms with van der Waals surface area (Å²) < 4.78 is 4.77. The summed E-state index contributed by atoms with van der Waals surface area (Å²) in [7, 11) is 0. The average Bonchev–Trinajstić information content (AvgIpc) is 2.36. The number of carbonyl (C=O) groups excluding carboxylic acids is 1. The molecule has 0 amide bonds. The van der Waals surface area contributed by atoms with Crippen molar-refractivity contribution < 1.29 is 14.6 Å². The van der Waals surface area contributed by atoms with Gasteiger partial charge in [-0.3, -0.25) is 4.79 Å². The van der Waals surface area contributed by atoms with Gasteiger partial charge in [0.2, 0.25) is 0 Å². The van der Waals surface area contributed by atoms with Gasteiger partial charge < -0.3 is 9.84 Å². The van der Waals surface area contributed by atoms with Crippen molar-refractivity contribution in [3.05, 3.63) is 12.2 Å².